The van der Waals surface area contributed by atoms with E-state index in [-0.39, 0.29) is 6.04 Å². The number of ether oxygens (including phenoxy) is 1. The first kappa shape index (κ1) is 12.1. The number of rotatable bonds is 5. The second kappa shape index (κ2) is 5.80. The van der Waals surface area contributed by atoms with E-state index in [9.17, 15) is 0 Å². The summed E-state index contributed by atoms with van der Waals surface area (Å²) in [4.78, 5) is 4.35. The fourth-order valence-electron chi connectivity index (χ4n) is 1.78. The number of likely N-dealkylation sites (N-methyl/N-ethyl adjacent to an activating group) is 1. The molecule has 0 fully saturated rings. The molecule has 3 nitrogen and oxygen atoms in total. The van der Waals surface area contributed by atoms with Gasteiger partial charge in [0, 0.05) is 5.38 Å². The average Bonchev–Trinajstić information content (AvgIpc) is 2.90. The van der Waals surface area contributed by atoms with Gasteiger partial charge in [-0.1, -0.05) is 12.1 Å². The summed E-state index contributed by atoms with van der Waals surface area (Å²) in [6, 6.07) is 8.41. The molecule has 17 heavy (non-hydrogen) atoms. The topological polar surface area (TPSA) is 34.1 Å². The molecule has 1 aromatic heterocycles. The van der Waals surface area contributed by atoms with Crippen LogP contribution in [0.1, 0.15) is 17.3 Å². The normalized spacial score (nSPS) is 12.4. The maximum Gasteiger partial charge on any atom is 0.119 e. The second-order valence-electron chi connectivity index (χ2n) is 3.81. The minimum atomic E-state index is 0.258. The third-order valence-electron chi connectivity index (χ3n) is 2.73. The first-order chi connectivity index (χ1) is 8.33. The van der Waals surface area contributed by atoms with E-state index in [1.807, 2.05) is 24.7 Å². The van der Waals surface area contributed by atoms with Gasteiger partial charge in [-0.3, -0.25) is 0 Å². The monoisotopic (exact) mass is 248 g/mol. The van der Waals surface area contributed by atoms with Crippen molar-refractivity contribution in [3.05, 3.63) is 46.4 Å². The minimum absolute atomic E-state index is 0.258. The lowest BCUT2D eigenvalue weighted by Gasteiger charge is -2.14. The van der Waals surface area contributed by atoms with Crippen LogP contribution >= 0.6 is 11.3 Å². The first-order valence-electron chi connectivity index (χ1n) is 5.51. The molecule has 1 N–H and O–H groups in total. The Balaban J connectivity index is 2.13. The Morgan fingerprint density at radius 2 is 2.35 bits per heavy atom. The molecule has 0 saturated carbocycles. The lowest BCUT2D eigenvalue weighted by molar-refractivity contribution is 0.414. The summed E-state index contributed by atoms with van der Waals surface area (Å²) in [7, 11) is 3.65. The van der Waals surface area contributed by atoms with Crippen LogP contribution in [0, 0.1) is 0 Å². The van der Waals surface area contributed by atoms with Crippen molar-refractivity contribution in [1.82, 2.24) is 10.3 Å². The third kappa shape index (κ3) is 3.05. The molecule has 0 saturated heterocycles. The van der Waals surface area contributed by atoms with E-state index in [1.165, 1.54) is 5.56 Å². The van der Waals surface area contributed by atoms with Crippen molar-refractivity contribution in [2.24, 2.45) is 0 Å². The molecule has 0 amide bonds. The van der Waals surface area contributed by atoms with Gasteiger partial charge in [-0.15, -0.1) is 11.3 Å². The summed E-state index contributed by atoms with van der Waals surface area (Å²) in [6.07, 6.45) is 0.914. The average molecular weight is 248 g/mol. The summed E-state index contributed by atoms with van der Waals surface area (Å²) in [5.74, 6) is 0.899. The molecule has 1 unspecified atom stereocenters. The molecule has 0 aliphatic heterocycles. The lowest BCUT2D eigenvalue weighted by Crippen LogP contribution is -2.19. The van der Waals surface area contributed by atoms with E-state index in [0.29, 0.717) is 0 Å². The van der Waals surface area contributed by atoms with E-state index < -0.39 is 0 Å². The van der Waals surface area contributed by atoms with Crippen LogP contribution in [0.3, 0.4) is 0 Å². The number of hydrogen-bond donors (Lipinski definition) is 1. The highest BCUT2D eigenvalue weighted by molar-refractivity contribution is 7.07. The van der Waals surface area contributed by atoms with Gasteiger partial charge < -0.3 is 10.1 Å². The smallest absolute Gasteiger partial charge is 0.119 e. The fraction of sp³-hybridized carbons (Fsp3) is 0.308. The number of hydrogen-bond acceptors (Lipinski definition) is 4. The molecule has 2 rings (SSSR count). The first-order valence-corrected chi connectivity index (χ1v) is 6.46. The maximum atomic E-state index is 5.23. The van der Waals surface area contributed by atoms with Crippen molar-refractivity contribution < 1.29 is 4.74 Å². The summed E-state index contributed by atoms with van der Waals surface area (Å²) in [5.41, 5.74) is 4.21. The van der Waals surface area contributed by atoms with Crippen molar-refractivity contribution in [2.75, 3.05) is 14.2 Å². The van der Waals surface area contributed by atoms with Gasteiger partial charge in [-0.05, 0) is 31.2 Å². The summed E-state index contributed by atoms with van der Waals surface area (Å²) >= 11 is 1.63. The maximum absolute atomic E-state index is 5.23. The number of thiazole rings is 1. The SMILES string of the molecule is CNC(Cc1cccc(OC)c1)c1cscn1. The van der Waals surface area contributed by atoms with Gasteiger partial charge >= 0.3 is 0 Å². The van der Waals surface area contributed by atoms with Crippen LogP contribution in [-0.2, 0) is 6.42 Å². The highest BCUT2D eigenvalue weighted by Crippen LogP contribution is 2.20. The van der Waals surface area contributed by atoms with Crippen LogP contribution in [0.15, 0.2) is 35.2 Å². The van der Waals surface area contributed by atoms with Gasteiger partial charge in [0.2, 0.25) is 0 Å². The highest BCUT2D eigenvalue weighted by atomic mass is 32.1. The van der Waals surface area contributed by atoms with Crippen molar-refractivity contribution in [3.8, 4) is 5.75 Å². The lowest BCUT2D eigenvalue weighted by atomic mass is 10.0. The Morgan fingerprint density at radius 3 is 3.00 bits per heavy atom. The largest absolute Gasteiger partial charge is 0.497 e. The van der Waals surface area contributed by atoms with Crippen molar-refractivity contribution >= 4 is 11.3 Å². The van der Waals surface area contributed by atoms with Crippen LogP contribution in [0.2, 0.25) is 0 Å². The summed E-state index contributed by atoms with van der Waals surface area (Å²) in [6.45, 7) is 0. The molecule has 1 aromatic carbocycles. The number of nitrogens with zero attached hydrogens (tertiary/aromatic N) is 1. The van der Waals surface area contributed by atoms with E-state index >= 15 is 0 Å². The molecule has 1 heterocycles. The van der Waals surface area contributed by atoms with Crippen LogP contribution in [0.4, 0.5) is 0 Å². The number of nitrogens with one attached hydrogen (secondary N) is 1. The molecular weight excluding hydrogens is 232 g/mol. The minimum Gasteiger partial charge on any atom is -0.497 e. The van der Waals surface area contributed by atoms with Gasteiger partial charge in [0.05, 0.1) is 24.4 Å². The zero-order chi connectivity index (χ0) is 12.1. The second-order valence-corrected chi connectivity index (χ2v) is 4.53. The quantitative estimate of drug-likeness (QED) is 0.883. The molecule has 0 bridgehead atoms. The highest BCUT2D eigenvalue weighted by Gasteiger charge is 2.12. The van der Waals surface area contributed by atoms with E-state index in [0.717, 1.165) is 17.9 Å². The van der Waals surface area contributed by atoms with Gasteiger partial charge in [-0.25, -0.2) is 4.98 Å². The fourth-order valence-corrected chi connectivity index (χ4v) is 2.39. The molecule has 0 radical (unpaired) electrons. The number of benzene rings is 1. The molecular formula is C13H16N2OS. The van der Waals surface area contributed by atoms with E-state index in [1.54, 1.807) is 18.4 Å². The van der Waals surface area contributed by atoms with Crippen molar-refractivity contribution in [3.63, 3.8) is 0 Å². The Bertz CT molecular complexity index is 456. The van der Waals surface area contributed by atoms with E-state index in [2.05, 4.69) is 27.8 Å². The standard InChI is InChI=1S/C13H16N2OS/c1-14-12(13-8-17-9-15-13)7-10-4-3-5-11(6-10)16-2/h3-6,8-9,12,14H,7H2,1-2H3. The Kier molecular flexibility index (Phi) is 4.12. The Hall–Kier alpha value is -1.39. The molecule has 1 atom stereocenters. The molecule has 0 aliphatic carbocycles. The number of aromatic nitrogens is 1. The van der Waals surface area contributed by atoms with Gasteiger partial charge in [0.25, 0.3) is 0 Å². The third-order valence-corrected chi connectivity index (χ3v) is 3.34. The molecule has 4 heteroatoms. The summed E-state index contributed by atoms with van der Waals surface area (Å²) in [5, 5.41) is 5.38. The zero-order valence-corrected chi connectivity index (χ0v) is 10.8. The predicted molar refractivity (Wildman–Crippen MR) is 70.6 cm³/mol. The van der Waals surface area contributed by atoms with Crippen molar-refractivity contribution in [1.29, 1.82) is 0 Å². The molecule has 90 valence electrons. The zero-order valence-electron chi connectivity index (χ0n) is 10.0. The van der Waals surface area contributed by atoms with Gasteiger partial charge in [0.1, 0.15) is 5.75 Å². The molecule has 0 aliphatic rings. The van der Waals surface area contributed by atoms with Gasteiger partial charge in [-0.2, -0.15) is 0 Å². The molecule has 0 spiro atoms. The van der Waals surface area contributed by atoms with Gasteiger partial charge in [0.15, 0.2) is 0 Å². The van der Waals surface area contributed by atoms with Crippen LogP contribution < -0.4 is 10.1 Å². The summed E-state index contributed by atoms with van der Waals surface area (Å²) < 4.78 is 5.23. The predicted octanol–water partition coefficient (Wildman–Crippen LogP) is 2.65. The van der Waals surface area contributed by atoms with Crippen LogP contribution in [0.5, 0.6) is 5.75 Å². The van der Waals surface area contributed by atoms with Crippen LogP contribution in [-0.4, -0.2) is 19.1 Å². The number of methoxy groups -OCH3 is 1. The Labute approximate surface area is 105 Å². The Morgan fingerprint density at radius 1 is 1.47 bits per heavy atom. The van der Waals surface area contributed by atoms with Crippen molar-refractivity contribution in [2.45, 2.75) is 12.5 Å². The molecule has 2 aromatic rings. The van der Waals surface area contributed by atoms with E-state index in [4.69, 9.17) is 4.74 Å². The van der Waals surface area contributed by atoms with Crippen LogP contribution in [0.25, 0.3) is 0 Å².